The number of para-hydroxylation sites is 1. The van der Waals surface area contributed by atoms with E-state index in [-0.39, 0.29) is 5.56 Å². The molecule has 0 unspecified atom stereocenters. The fourth-order valence-corrected chi connectivity index (χ4v) is 4.16. The zero-order valence-corrected chi connectivity index (χ0v) is 22.5. The van der Waals surface area contributed by atoms with Crippen molar-refractivity contribution in [3.63, 3.8) is 0 Å². The number of rotatable bonds is 11. The Labute approximate surface area is 247 Å². The molecule has 0 radical (unpaired) electrons. The van der Waals surface area contributed by atoms with Crippen LogP contribution in [0.25, 0.3) is 0 Å². The van der Waals surface area contributed by atoms with Gasteiger partial charge in [0.15, 0.2) is 35.1 Å². The third kappa shape index (κ3) is 7.25. The number of aromatic hydroxyl groups is 4. The summed E-state index contributed by atoms with van der Waals surface area (Å²) >= 11 is 0. The number of aliphatic hydroxyl groups excluding tert-OH is 5. The largest absolute Gasteiger partial charge is 0.504 e. The van der Waals surface area contributed by atoms with Crippen molar-refractivity contribution < 1.29 is 79.7 Å². The summed E-state index contributed by atoms with van der Waals surface area (Å²) in [4.78, 5) is 49.5. The molecular formula is C26H30N2O16. The second-order valence-corrected chi connectivity index (χ2v) is 9.56. The van der Waals surface area contributed by atoms with Crippen LogP contribution in [-0.2, 0) is 19.1 Å². The first-order chi connectivity index (χ1) is 20.7. The molecular weight excluding hydrogens is 596 g/mol. The number of phenolic OH excluding ortho intramolecular Hbond substituents is 4. The van der Waals surface area contributed by atoms with Crippen LogP contribution in [0.1, 0.15) is 32.4 Å². The molecule has 0 spiro atoms. The van der Waals surface area contributed by atoms with Gasteiger partial charge >= 0.3 is 11.9 Å². The molecule has 0 aliphatic carbocycles. The summed E-state index contributed by atoms with van der Waals surface area (Å²) in [5.41, 5.74) is -1.41. The van der Waals surface area contributed by atoms with Crippen molar-refractivity contribution in [2.45, 2.75) is 42.6 Å². The second kappa shape index (κ2) is 14.2. The highest BCUT2D eigenvalue weighted by molar-refractivity contribution is 6.00. The van der Waals surface area contributed by atoms with Crippen LogP contribution in [0.5, 0.6) is 23.0 Å². The number of carbonyl (C=O) groups is 4. The monoisotopic (exact) mass is 626 g/mol. The van der Waals surface area contributed by atoms with Crippen molar-refractivity contribution in [3.05, 3.63) is 47.0 Å². The topological polar surface area (TPSA) is 313 Å². The van der Waals surface area contributed by atoms with E-state index in [0.717, 1.165) is 24.3 Å². The average molecular weight is 627 g/mol. The zero-order chi connectivity index (χ0) is 32.9. The van der Waals surface area contributed by atoms with E-state index in [2.05, 4.69) is 0 Å². The molecule has 2 amide bonds. The Morgan fingerprint density at radius 1 is 0.818 bits per heavy atom. The van der Waals surface area contributed by atoms with E-state index in [4.69, 9.17) is 9.47 Å². The molecule has 7 atom stereocenters. The number of phenols is 4. The number of ether oxygens (including phenoxy) is 2. The maximum Gasteiger partial charge on any atom is 0.331 e. The van der Waals surface area contributed by atoms with E-state index in [1.165, 1.54) is 6.07 Å². The number of esters is 1. The predicted molar refractivity (Wildman–Crippen MR) is 140 cm³/mol. The highest BCUT2D eigenvalue weighted by Gasteiger charge is 2.44. The maximum atomic E-state index is 12.9. The van der Waals surface area contributed by atoms with Gasteiger partial charge in [-0.15, -0.1) is 0 Å². The number of aliphatic hydroxyl groups is 5. The summed E-state index contributed by atoms with van der Waals surface area (Å²) in [6.07, 6.45) is -8.19. The molecule has 0 bridgehead atoms. The number of nitrogens with one attached hydrogen (secondary N) is 2. The summed E-state index contributed by atoms with van der Waals surface area (Å²) in [7, 11) is 0. The average Bonchev–Trinajstić information content (AvgIpc) is 2.99. The molecule has 18 nitrogen and oxygen atoms in total. The Balaban J connectivity index is 1.72. The number of carbonyl (C=O) groups excluding carboxylic acids is 3. The highest BCUT2D eigenvalue weighted by atomic mass is 16.5. The summed E-state index contributed by atoms with van der Waals surface area (Å²) in [6.45, 7) is -2.90. The quantitative estimate of drug-likeness (QED) is 0.0852. The van der Waals surface area contributed by atoms with Crippen LogP contribution >= 0.6 is 0 Å². The van der Waals surface area contributed by atoms with Gasteiger partial charge in [0, 0.05) is 0 Å². The number of aliphatic carboxylic acids is 1. The Kier molecular flexibility index (Phi) is 10.9. The Morgan fingerprint density at radius 2 is 1.43 bits per heavy atom. The van der Waals surface area contributed by atoms with Crippen molar-refractivity contribution in [2.24, 2.45) is 0 Å². The molecule has 2 aromatic carbocycles. The number of benzene rings is 2. The molecule has 1 fully saturated rings. The molecule has 1 aliphatic heterocycles. The molecule has 0 saturated carbocycles. The van der Waals surface area contributed by atoms with Gasteiger partial charge in [0.2, 0.25) is 0 Å². The first-order valence-corrected chi connectivity index (χ1v) is 12.7. The van der Waals surface area contributed by atoms with E-state index in [1.54, 1.807) is 0 Å². The smallest absolute Gasteiger partial charge is 0.331 e. The minimum absolute atomic E-state index is 0.205. The van der Waals surface area contributed by atoms with Gasteiger partial charge in [-0.1, -0.05) is 6.07 Å². The summed E-state index contributed by atoms with van der Waals surface area (Å²) in [5, 5.41) is 103. The molecule has 18 heteroatoms. The van der Waals surface area contributed by atoms with Crippen LogP contribution in [0.2, 0.25) is 0 Å². The van der Waals surface area contributed by atoms with Crippen molar-refractivity contribution in [3.8, 4) is 23.0 Å². The standard InChI is InChI=1S/C26H30N2O16/c29-6-12(26(42)43-8-13(25(40)41)28-23(38)10-2-1-3-14(31)17(10)33)27-24(39)11-4-9(5-15(32)18(11)34)22-21(37)20(36)19(35)16(7-30)44-22/h1-5,12-13,16,19-22,29-37H,6-8H2,(H,27,39)(H,28,38)(H,40,41)/t12-,13-,16+,19+,20-,21+,22-/m0/s1. The number of amides is 2. The van der Waals surface area contributed by atoms with Gasteiger partial charge in [0.1, 0.15) is 37.1 Å². The molecule has 1 aliphatic rings. The lowest BCUT2D eigenvalue weighted by molar-refractivity contribution is -0.231. The van der Waals surface area contributed by atoms with Gasteiger partial charge in [0.25, 0.3) is 11.8 Å². The number of carboxylic acids is 1. The minimum atomic E-state index is -1.89. The normalized spacial score (nSPS) is 22.8. The molecule has 2 aromatic rings. The number of carboxylic acid groups (broad SMARTS) is 1. The number of hydrogen-bond acceptors (Lipinski definition) is 15. The first kappa shape index (κ1) is 33.8. The molecule has 12 N–H and O–H groups in total. The molecule has 1 heterocycles. The van der Waals surface area contributed by atoms with Gasteiger partial charge in [-0.3, -0.25) is 9.59 Å². The fraction of sp³-hybridized carbons (Fsp3) is 0.385. The Hall–Kier alpha value is -4.72. The Morgan fingerprint density at radius 3 is 2.05 bits per heavy atom. The van der Waals surface area contributed by atoms with E-state index in [9.17, 15) is 70.2 Å². The van der Waals surface area contributed by atoms with Gasteiger partial charge in [0.05, 0.1) is 24.3 Å². The van der Waals surface area contributed by atoms with Crippen molar-refractivity contribution >= 4 is 23.8 Å². The van der Waals surface area contributed by atoms with E-state index >= 15 is 0 Å². The van der Waals surface area contributed by atoms with Gasteiger partial charge in [-0.05, 0) is 29.8 Å². The molecule has 1 saturated heterocycles. The molecule has 44 heavy (non-hydrogen) atoms. The van der Waals surface area contributed by atoms with Crippen LogP contribution in [0.4, 0.5) is 0 Å². The summed E-state index contributed by atoms with van der Waals surface area (Å²) in [6, 6.07) is 1.34. The highest BCUT2D eigenvalue weighted by Crippen LogP contribution is 2.38. The Bertz CT molecular complexity index is 1400. The summed E-state index contributed by atoms with van der Waals surface area (Å²) in [5.74, 6) is -8.92. The first-order valence-electron chi connectivity index (χ1n) is 12.7. The zero-order valence-electron chi connectivity index (χ0n) is 22.5. The third-order valence-electron chi connectivity index (χ3n) is 6.61. The van der Waals surface area contributed by atoms with Crippen LogP contribution in [0.15, 0.2) is 30.3 Å². The lowest BCUT2D eigenvalue weighted by atomic mass is 9.90. The maximum absolute atomic E-state index is 12.9. The number of hydrogen-bond donors (Lipinski definition) is 12. The lowest BCUT2D eigenvalue weighted by Crippen LogP contribution is -2.55. The van der Waals surface area contributed by atoms with Crippen LogP contribution in [0.3, 0.4) is 0 Å². The predicted octanol–water partition coefficient (Wildman–Crippen LogP) is -3.46. The van der Waals surface area contributed by atoms with Crippen LogP contribution < -0.4 is 10.6 Å². The van der Waals surface area contributed by atoms with Crippen LogP contribution in [0, 0.1) is 0 Å². The minimum Gasteiger partial charge on any atom is -0.504 e. The fourth-order valence-electron chi connectivity index (χ4n) is 4.16. The van der Waals surface area contributed by atoms with E-state index in [1.807, 2.05) is 10.6 Å². The van der Waals surface area contributed by atoms with Gasteiger partial charge in [-0.2, -0.15) is 0 Å². The van der Waals surface area contributed by atoms with E-state index in [0.29, 0.717) is 0 Å². The molecule has 240 valence electrons. The summed E-state index contributed by atoms with van der Waals surface area (Å²) < 4.78 is 10.2. The molecule has 3 rings (SSSR count). The SMILES string of the molecule is O=C(N[C@@H](COC(=O)[C@H](CO)NC(=O)c1cc([C@@H]2O[C@H](CO)[C@@H](O)[C@H](O)[C@H]2O)cc(O)c1O)C(=O)O)c1cccc(O)c1O. The molecule has 0 aromatic heterocycles. The third-order valence-corrected chi connectivity index (χ3v) is 6.61. The second-order valence-electron chi connectivity index (χ2n) is 9.56. The van der Waals surface area contributed by atoms with Gasteiger partial charge < -0.3 is 71.2 Å². The van der Waals surface area contributed by atoms with E-state index < -0.39 is 120 Å². The lowest BCUT2D eigenvalue weighted by Gasteiger charge is -2.40. The van der Waals surface area contributed by atoms with Crippen molar-refractivity contribution in [1.82, 2.24) is 10.6 Å². The van der Waals surface area contributed by atoms with Crippen LogP contribution in [-0.4, -0.2) is 131 Å². The van der Waals surface area contributed by atoms with Crippen molar-refractivity contribution in [2.75, 3.05) is 19.8 Å². The van der Waals surface area contributed by atoms with Gasteiger partial charge in [-0.25, -0.2) is 9.59 Å². The van der Waals surface area contributed by atoms with Crippen molar-refractivity contribution in [1.29, 1.82) is 0 Å².